The smallest absolute Gasteiger partial charge is 0.268 e. The zero-order valence-electron chi connectivity index (χ0n) is 16.1. The summed E-state index contributed by atoms with van der Waals surface area (Å²) in [4.78, 5) is 38.4. The molecule has 1 saturated carbocycles. The lowest BCUT2D eigenvalue weighted by Crippen LogP contribution is -2.50. The molecule has 0 spiro atoms. The van der Waals surface area contributed by atoms with Crippen molar-refractivity contribution in [1.29, 1.82) is 0 Å². The van der Waals surface area contributed by atoms with Crippen LogP contribution in [0.4, 0.5) is 5.69 Å². The van der Waals surface area contributed by atoms with Crippen molar-refractivity contribution >= 4 is 23.3 Å². The van der Waals surface area contributed by atoms with Crippen LogP contribution in [-0.2, 0) is 9.59 Å². The second-order valence-electron chi connectivity index (χ2n) is 7.53. The minimum absolute atomic E-state index is 0.0581. The molecule has 0 radical (unpaired) electrons. The Bertz CT molecular complexity index is 723. The zero-order valence-corrected chi connectivity index (χ0v) is 16.1. The molecule has 2 aliphatic rings. The van der Waals surface area contributed by atoms with Crippen LogP contribution in [-0.4, -0.2) is 36.3 Å². The maximum atomic E-state index is 12.6. The van der Waals surface area contributed by atoms with Gasteiger partial charge in [-0.1, -0.05) is 32.1 Å². The molecule has 1 aromatic rings. The van der Waals surface area contributed by atoms with Gasteiger partial charge in [0, 0.05) is 11.6 Å². The Morgan fingerprint density at radius 3 is 2.48 bits per heavy atom. The summed E-state index contributed by atoms with van der Waals surface area (Å²) in [6.07, 6.45) is 7.28. The monoisotopic (exact) mass is 372 g/mol. The number of Topliss-reactive ketones (excluding diaryl/α,β-unsaturated/α-hetero) is 1. The largest absolute Gasteiger partial charge is 0.479 e. The molecule has 3 rings (SSSR count). The fourth-order valence-electron chi connectivity index (χ4n) is 3.81. The first-order chi connectivity index (χ1) is 13.0. The van der Waals surface area contributed by atoms with Crippen LogP contribution in [0.3, 0.4) is 0 Å². The van der Waals surface area contributed by atoms with Crippen LogP contribution in [0.5, 0.6) is 5.75 Å². The first-order valence-electron chi connectivity index (χ1n) is 9.88. The van der Waals surface area contributed by atoms with Crippen molar-refractivity contribution in [2.24, 2.45) is 0 Å². The van der Waals surface area contributed by atoms with Crippen molar-refractivity contribution in [2.45, 2.75) is 70.9 Å². The minimum Gasteiger partial charge on any atom is -0.479 e. The van der Waals surface area contributed by atoms with E-state index in [0.717, 1.165) is 25.7 Å². The van der Waals surface area contributed by atoms with Gasteiger partial charge in [-0.2, -0.15) is 0 Å². The van der Waals surface area contributed by atoms with Gasteiger partial charge >= 0.3 is 0 Å². The highest BCUT2D eigenvalue weighted by molar-refractivity contribution is 6.05. The van der Waals surface area contributed by atoms with Gasteiger partial charge in [-0.25, -0.2) is 0 Å². The molecule has 1 aliphatic heterocycles. The Morgan fingerprint density at radius 1 is 1.15 bits per heavy atom. The number of rotatable bonds is 4. The maximum Gasteiger partial charge on any atom is 0.268 e. The molecule has 1 N–H and O–H groups in total. The molecule has 146 valence electrons. The minimum atomic E-state index is -0.658. The lowest BCUT2D eigenvalue weighted by molar-refractivity contribution is -0.128. The molecule has 0 aromatic heterocycles. The van der Waals surface area contributed by atoms with Gasteiger partial charge in [-0.15, -0.1) is 0 Å². The van der Waals surface area contributed by atoms with Gasteiger partial charge in [0.15, 0.2) is 11.9 Å². The molecular formula is C21H28N2O4. The number of fused-ring (bicyclic) bond motifs is 1. The number of hydrogen-bond donors (Lipinski definition) is 1. The van der Waals surface area contributed by atoms with Gasteiger partial charge in [0.25, 0.3) is 5.91 Å². The zero-order chi connectivity index (χ0) is 19.4. The van der Waals surface area contributed by atoms with E-state index in [4.69, 9.17) is 4.74 Å². The molecule has 1 aromatic carbocycles. The van der Waals surface area contributed by atoms with Gasteiger partial charge in [0.1, 0.15) is 12.3 Å². The van der Waals surface area contributed by atoms with Crippen molar-refractivity contribution in [3.8, 4) is 5.75 Å². The molecule has 6 nitrogen and oxygen atoms in total. The average molecular weight is 372 g/mol. The summed E-state index contributed by atoms with van der Waals surface area (Å²) in [5, 5.41) is 3.10. The van der Waals surface area contributed by atoms with Crippen LogP contribution in [0, 0.1) is 0 Å². The van der Waals surface area contributed by atoms with Crippen LogP contribution >= 0.6 is 0 Å². The first kappa shape index (κ1) is 19.4. The predicted octanol–water partition coefficient (Wildman–Crippen LogP) is 3.23. The summed E-state index contributed by atoms with van der Waals surface area (Å²) in [6.45, 7) is 3.09. The number of carbonyl (C=O) groups excluding carboxylic acids is 3. The van der Waals surface area contributed by atoms with E-state index in [9.17, 15) is 14.4 Å². The highest BCUT2D eigenvalue weighted by Crippen LogP contribution is 2.35. The number of ketones is 1. The highest BCUT2D eigenvalue weighted by Gasteiger charge is 2.33. The van der Waals surface area contributed by atoms with Gasteiger partial charge in [0.2, 0.25) is 5.91 Å². The molecule has 1 heterocycles. The topological polar surface area (TPSA) is 75.7 Å². The molecule has 1 aliphatic carbocycles. The van der Waals surface area contributed by atoms with Gasteiger partial charge in [0.05, 0.1) is 5.69 Å². The van der Waals surface area contributed by atoms with Crippen molar-refractivity contribution in [2.75, 3.05) is 11.4 Å². The quantitative estimate of drug-likeness (QED) is 0.824. The van der Waals surface area contributed by atoms with E-state index in [2.05, 4.69) is 5.32 Å². The van der Waals surface area contributed by atoms with E-state index >= 15 is 0 Å². The van der Waals surface area contributed by atoms with E-state index in [0.29, 0.717) is 17.0 Å². The third kappa shape index (κ3) is 4.67. The van der Waals surface area contributed by atoms with Crippen LogP contribution < -0.4 is 15.0 Å². The summed E-state index contributed by atoms with van der Waals surface area (Å²) < 4.78 is 5.64. The first-order valence-corrected chi connectivity index (χ1v) is 9.88. The Morgan fingerprint density at radius 2 is 1.81 bits per heavy atom. The molecular weight excluding hydrogens is 344 g/mol. The molecule has 0 saturated heterocycles. The van der Waals surface area contributed by atoms with Gasteiger partial charge in [-0.3, -0.25) is 19.3 Å². The molecule has 0 bridgehead atoms. The van der Waals surface area contributed by atoms with Gasteiger partial charge in [-0.05, 0) is 44.9 Å². The van der Waals surface area contributed by atoms with Crippen LogP contribution in [0.2, 0.25) is 0 Å². The number of ether oxygens (including phenoxy) is 1. The predicted molar refractivity (Wildman–Crippen MR) is 103 cm³/mol. The Labute approximate surface area is 160 Å². The normalized spacial score (nSPS) is 20.9. The molecule has 1 unspecified atom stereocenters. The van der Waals surface area contributed by atoms with Crippen molar-refractivity contribution in [3.05, 3.63) is 23.8 Å². The second-order valence-corrected chi connectivity index (χ2v) is 7.53. The van der Waals surface area contributed by atoms with E-state index in [1.807, 2.05) is 0 Å². The van der Waals surface area contributed by atoms with Crippen molar-refractivity contribution < 1.29 is 19.1 Å². The fourth-order valence-corrected chi connectivity index (χ4v) is 3.81. The molecule has 6 heteroatoms. The lowest BCUT2D eigenvalue weighted by atomic mass is 9.97. The molecule has 27 heavy (non-hydrogen) atoms. The number of benzene rings is 1. The summed E-state index contributed by atoms with van der Waals surface area (Å²) in [5.74, 6) is -0.00753. The molecule has 1 fully saturated rings. The van der Waals surface area contributed by atoms with Crippen LogP contribution in [0.15, 0.2) is 18.2 Å². The van der Waals surface area contributed by atoms with Gasteiger partial charge < -0.3 is 10.1 Å². The Balaban J connectivity index is 1.74. The maximum absolute atomic E-state index is 12.6. The number of carbonyl (C=O) groups is 3. The van der Waals surface area contributed by atoms with E-state index in [1.165, 1.54) is 31.1 Å². The number of amides is 2. The molecule has 2 amide bonds. The van der Waals surface area contributed by atoms with Crippen molar-refractivity contribution in [3.63, 3.8) is 0 Å². The van der Waals surface area contributed by atoms with E-state index in [-0.39, 0.29) is 30.2 Å². The number of nitrogens with zero attached hydrogens (tertiary/aromatic N) is 1. The van der Waals surface area contributed by atoms with Crippen molar-refractivity contribution in [1.82, 2.24) is 5.32 Å². The third-order valence-corrected chi connectivity index (χ3v) is 5.35. The number of anilines is 1. The summed E-state index contributed by atoms with van der Waals surface area (Å²) >= 11 is 0. The third-order valence-electron chi connectivity index (χ3n) is 5.35. The second kappa shape index (κ2) is 8.55. The average Bonchev–Trinajstić information content (AvgIpc) is 2.60. The van der Waals surface area contributed by atoms with Crippen LogP contribution in [0.1, 0.15) is 69.2 Å². The standard InChI is InChI=1S/C21H28N2O4/c1-14(24)16-10-11-19-18(12-16)23(21(26)15(2)27-19)13-20(25)22-17-8-6-4-3-5-7-9-17/h10-12,15,17H,3-9,13H2,1-2H3,(H,22,25). The highest BCUT2D eigenvalue weighted by atomic mass is 16.5. The SMILES string of the molecule is CC(=O)c1ccc2c(c1)N(CC(=O)NC1CCCCCCC1)C(=O)C(C)O2. The molecule has 1 atom stereocenters. The summed E-state index contributed by atoms with van der Waals surface area (Å²) in [7, 11) is 0. The number of nitrogens with one attached hydrogen (secondary N) is 1. The Hall–Kier alpha value is -2.37. The van der Waals surface area contributed by atoms with E-state index < -0.39 is 6.10 Å². The van der Waals surface area contributed by atoms with E-state index in [1.54, 1.807) is 25.1 Å². The number of hydrogen-bond acceptors (Lipinski definition) is 4. The fraction of sp³-hybridized carbons (Fsp3) is 0.571. The summed E-state index contributed by atoms with van der Waals surface area (Å²) in [6, 6.07) is 5.17. The van der Waals surface area contributed by atoms with Crippen LogP contribution in [0.25, 0.3) is 0 Å². The summed E-state index contributed by atoms with van der Waals surface area (Å²) in [5.41, 5.74) is 0.976. The Kier molecular flexibility index (Phi) is 6.14. The lowest BCUT2D eigenvalue weighted by Gasteiger charge is -2.33.